The summed E-state index contributed by atoms with van der Waals surface area (Å²) in [6.45, 7) is 1.96. The molecule has 1 rings (SSSR count). The Hall–Kier alpha value is -1.50. The first-order valence-electron chi connectivity index (χ1n) is 4.75. The van der Waals surface area contributed by atoms with Gasteiger partial charge in [-0.05, 0) is 24.6 Å². The molecule has 0 aliphatic carbocycles. The van der Waals surface area contributed by atoms with Crippen molar-refractivity contribution >= 4 is 17.6 Å². The summed E-state index contributed by atoms with van der Waals surface area (Å²) in [4.78, 5) is 10.9. The van der Waals surface area contributed by atoms with Crippen molar-refractivity contribution in [3.8, 4) is 11.8 Å². The first-order chi connectivity index (χ1) is 7.63. The zero-order valence-corrected chi connectivity index (χ0v) is 9.49. The fourth-order valence-electron chi connectivity index (χ4n) is 1.02. The fourth-order valence-corrected chi connectivity index (χ4v) is 1.15. The Bertz CT molecular complexity index is 414. The number of aliphatic hydroxyl groups excluding tert-OH is 1. The molecule has 0 unspecified atom stereocenters. The molecule has 1 N–H and O–H groups in total. The van der Waals surface area contributed by atoms with Crippen molar-refractivity contribution in [2.75, 3.05) is 6.61 Å². The average molecular weight is 239 g/mol. The predicted octanol–water partition coefficient (Wildman–Crippen LogP) is 1.94. The number of aliphatic hydroxyl groups is 1. The van der Waals surface area contributed by atoms with E-state index >= 15 is 0 Å². The molecule has 0 saturated carbocycles. The maximum atomic E-state index is 10.9. The minimum absolute atomic E-state index is 0.268. The first-order valence-corrected chi connectivity index (χ1v) is 5.13. The van der Waals surface area contributed by atoms with Gasteiger partial charge >= 0.3 is 5.97 Å². The van der Waals surface area contributed by atoms with Crippen molar-refractivity contribution in [1.82, 2.24) is 0 Å². The number of halogens is 1. The molecular weight excluding hydrogens is 228 g/mol. The van der Waals surface area contributed by atoms with Gasteiger partial charge in [-0.2, -0.15) is 0 Å². The molecule has 84 valence electrons. The molecular formula is C12H11ClO3. The lowest BCUT2D eigenvalue weighted by atomic mass is 10.1. The van der Waals surface area contributed by atoms with E-state index in [1.165, 1.54) is 0 Å². The third kappa shape index (κ3) is 3.93. The van der Waals surface area contributed by atoms with Gasteiger partial charge in [0.1, 0.15) is 6.10 Å². The Labute approximate surface area is 99.0 Å². The third-order valence-corrected chi connectivity index (χ3v) is 2.02. The molecule has 3 nitrogen and oxygen atoms in total. The van der Waals surface area contributed by atoms with Crippen molar-refractivity contribution in [3.05, 3.63) is 34.9 Å². The van der Waals surface area contributed by atoms with E-state index in [4.69, 9.17) is 11.6 Å². The molecule has 0 heterocycles. The molecule has 0 spiro atoms. The Balaban J connectivity index is 2.68. The molecule has 4 heteroatoms. The molecule has 0 radical (unpaired) electrons. The van der Waals surface area contributed by atoms with Gasteiger partial charge in [0.15, 0.2) is 0 Å². The van der Waals surface area contributed by atoms with Gasteiger partial charge in [0.25, 0.3) is 0 Å². The summed E-state index contributed by atoms with van der Waals surface area (Å²) in [7, 11) is 0. The normalized spacial score (nSPS) is 11.2. The van der Waals surface area contributed by atoms with Gasteiger partial charge in [-0.25, -0.2) is 4.79 Å². The predicted molar refractivity (Wildman–Crippen MR) is 60.8 cm³/mol. The molecule has 0 aromatic heterocycles. The van der Waals surface area contributed by atoms with Crippen molar-refractivity contribution in [2.45, 2.75) is 13.0 Å². The molecule has 0 bridgehead atoms. The minimum atomic E-state index is -1.01. The number of ether oxygens (including phenoxy) is 1. The van der Waals surface area contributed by atoms with Crippen LogP contribution in [0.5, 0.6) is 0 Å². The van der Waals surface area contributed by atoms with Crippen LogP contribution >= 0.6 is 11.6 Å². The van der Waals surface area contributed by atoms with E-state index < -0.39 is 12.1 Å². The van der Waals surface area contributed by atoms with Crippen LogP contribution in [-0.2, 0) is 9.53 Å². The standard InChI is InChI=1S/C12H11ClO3/c1-2-16-12(15)8-7-11(14)9-3-5-10(13)6-4-9/h3-6,11,14H,2H2,1H3/t11-/m0/s1. The summed E-state index contributed by atoms with van der Waals surface area (Å²) in [5.74, 6) is 3.95. The largest absolute Gasteiger partial charge is 0.456 e. The quantitative estimate of drug-likeness (QED) is 0.487. The van der Waals surface area contributed by atoms with Gasteiger partial charge < -0.3 is 9.84 Å². The average Bonchev–Trinajstić information content (AvgIpc) is 2.27. The van der Waals surface area contributed by atoms with Gasteiger partial charge in [0.2, 0.25) is 0 Å². The first kappa shape index (κ1) is 12.6. The van der Waals surface area contributed by atoms with Crippen LogP contribution in [0.2, 0.25) is 5.02 Å². The van der Waals surface area contributed by atoms with Crippen molar-refractivity contribution in [1.29, 1.82) is 0 Å². The lowest BCUT2D eigenvalue weighted by molar-refractivity contribution is -0.136. The molecule has 1 aromatic carbocycles. The summed E-state index contributed by atoms with van der Waals surface area (Å²) >= 11 is 5.69. The number of benzene rings is 1. The highest BCUT2D eigenvalue weighted by Crippen LogP contribution is 2.15. The van der Waals surface area contributed by atoms with Gasteiger partial charge in [-0.3, -0.25) is 0 Å². The Morgan fingerprint density at radius 2 is 2.12 bits per heavy atom. The second kappa shape index (κ2) is 6.16. The van der Waals surface area contributed by atoms with E-state index in [1.807, 2.05) is 0 Å². The molecule has 0 aliphatic heterocycles. The number of carbonyl (C=O) groups is 1. The second-order valence-electron chi connectivity index (χ2n) is 2.94. The van der Waals surface area contributed by atoms with E-state index in [0.29, 0.717) is 10.6 Å². The van der Waals surface area contributed by atoms with Crippen LogP contribution in [0.3, 0.4) is 0 Å². The SMILES string of the molecule is CCOC(=O)C#C[C@H](O)c1ccc(Cl)cc1. The van der Waals surface area contributed by atoms with Crippen molar-refractivity contribution in [2.24, 2.45) is 0 Å². The zero-order chi connectivity index (χ0) is 12.0. The lowest BCUT2D eigenvalue weighted by Crippen LogP contribution is -2.01. The number of hydrogen-bond donors (Lipinski definition) is 1. The van der Waals surface area contributed by atoms with Crippen LogP contribution in [0.15, 0.2) is 24.3 Å². The second-order valence-corrected chi connectivity index (χ2v) is 3.38. The maximum absolute atomic E-state index is 10.9. The van der Waals surface area contributed by atoms with Crippen LogP contribution in [-0.4, -0.2) is 17.7 Å². The molecule has 1 atom stereocenters. The number of hydrogen-bond acceptors (Lipinski definition) is 3. The van der Waals surface area contributed by atoms with Crippen LogP contribution in [0.1, 0.15) is 18.6 Å². The maximum Gasteiger partial charge on any atom is 0.384 e. The summed E-state index contributed by atoms with van der Waals surface area (Å²) < 4.78 is 4.60. The van der Waals surface area contributed by atoms with Crippen molar-refractivity contribution < 1.29 is 14.6 Å². The molecule has 16 heavy (non-hydrogen) atoms. The summed E-state index contributed by atoms with van der Waals surface area (Å²) in [6, 6.07) is 6.58. The highest BCUT2D eigenvalue weighted by Gasteiger charge is 2.03. The smallest absolute Gasteiger partial charge is 0.384 e. The highest BCUT2D eigenvalue weighted by atomic mass is 35.5. The van der Waals surface area contributed by atoms with E-state index in [-0.39, 0.29) is 6.61 Å². The third-order valence-electron chi connectivity index (χ3n) is 1.77. The number of esters is 1. The Kier molecular flexibility index (Phi) is 4.84. The Morgan fingerprint density at radius 1 is 1.50 bits per heavy atom. The fraction of sp³-hybridized carbons (Fsp3) is 0.250. The molecule has 0 saturated heterocycles. The van der Waals surface area contributed by atoms with E-state index in [9.17, 15) is 9.90 Å². The Morgan fingerprint density at radius 3 is 2.69 bits per heavy atom. The van der Waals surface area contributed by atoms with E-state index in [2.05, 4.69) is 16.6 Å². The highest BCUT2D eigenvalue weighted by molar-refractivity contribution is 6.30. The topological polar surface area (TPSA) is 46.5 Å². The van der Waals surface area contributed by atoms with Gasteiger partial charge in [-0.1, -0.05) is 29.7 Å². The summed E-state index contributed by atoms with van der Waals surface area (Å²) in [5.41, 5.74) is 0.584. The van der Waals surface area contributed by atoms with Gasteiger partial charge in [0, 0.05) is 10.9 Å². The molecule has 0 fully saturated rings. The van der Waals surface area contributed by atoms with Gasteiger partial charge in [-0.15, -0.1) is 0 Å². The lowest BCUT2D eigenvalue weighted by Gasteiger charge is -2.02. The van der Waals surface area contributed by atoms with Crippen LogP contribution in [0, 0.1) is 11.8 Å². The van der Waals surface area contributed by atoms with Crippen LogP contribution in [0.25, 0.3) is 0 Å². The zero-order valence-electron chi connectivity index (χ0n) is 8.74. The minimum Gasteiger partial charge on any atom is -0.456 e. The van der Waals surface area contributed by atoms with Crippen molar-refractivity contribution in [3.63, 3.8) is 0 Å². The molecule has 0 aliphatic rings. The monoisotopic (exact) mass is 238 g/mol. The summed E-state index contributed by atoms with van der Waals surface area (Å²) in [5, 5.41) is 10.2. The molecule has 1 aromatic rings. The van der Waals surface area contributed by atoms with E-state index in [0.717, 1.165) is 0 Å². The summed E-state index contributed by atoms with van der Waals surface area (Å²) in [6.07, 6.45) is -1.01. The number of carbonyl (C=O) groups excluding carboxylic acids is 1. The van der Waals surface area contributed by atoms with Gasteiger partial charge in [0.05, 0.1) is 6.61 Å². The van der Waals surface area contributed by atoms with Crippen LogP contribution < -0.4 is 0 Å². The van der Waals surface area contributed by atoms with E-state index in [1.54, 1.807) is 31.2 Å². The number of rotatable bonds is 2. The molecule has 0 amide bonds. The van der Waals surface area contributed by atoms with Crippen LogP contribution in [0.4, 0.5) is 0 Å².